The van der Waals surface area contributed by atoms with Crippen molar-refractivity contribution in [3.05, 3.63) is 76.9 Å². The molecule has 2 N–H and O–H groups in total. The van der Waals surface area contributed by atoms with E-state index in [1.807, 2.05) is 26.0 Å². The van der Waals surface area contributed by atoms with Crippen LogP contribution in [-0.4, -0.2) is 74.4 Å². The van der Waals surface area contributed by atoms with Crippen LogP contribution in [0.25, 0.3) is 11.0 Å². The normalized spacial score (nSPS) is 22.0. The van der Waals surface area contributed by atoms with Crippen LogP contribution in [0.2, 0.25) is 0 Å². The first kappa shape index (κ1) is 28.6. The van der Waals surface area contributed by atoms with E-state index in [2.05, 4.69) is 37.1 Å². The number of halogens is 3. The van der Waals surface area contributed by atoms with Gasteiger partial charge in [0.2, 0.25) is 0 Å². The summed E-state index contributed by atoms with van der Waals surface area (Å²) in [7, 11) is 2.06. The van der Waals surface area contributed by atoms with Crippen molar-refractivity contribution in [1.82, 2.24) is 29.7 Å². The quantitative estimate of drug-likeness (QED) is 0.285. The van der Waals surface area contributed by atoms with Crippen LogP contribution in [0.15, 0.2) is 48.8 Å². The van der Waals surface area contributed by atoms with E-state index < -0.39 is 17.8 Å². The van der Waals surface area contributed by atoms with Crippen molar-refractivity contribution in [2.75, 3.05) is 32.0 Å². The summed E-state index contributed by atoms with van der Waals surface area (Å²) in [5.74, 6) is 1.09. The minimum Gasteiger partial charge on any atom is -0.455 e. The molecule has 2 saturated heterocycles. The molecule has 0 unspecified atom stereocenters. The molecule has 230 valence electrons. The zero-order valence-corrected chi connectivity index (χ0v) is 24.8. The number of amides is 2. The molecule has 0 spiro atoms. The van der Waals surface area contributed by atoms with Crippen LogP contribution in [0.3, 0.4) is 0 Å². The SMILES string of the molecule is Cc1cc2c(Oc3cnc4c(c3)CN(C(=O)Nc3ccc(CN5C[C@H]6C[C@@H]5CN6C)c(C(F)(F)F)c3)C[C@H]4C)ccnc2[nH]1. The number of H-pyrrole nitrogens is 1. The summed E-state index contributed by atoms with van der Waals surface area (Å²) in [5, 5.41) is 3.56. The maximum Gasteiger partial charge on any atom is 0.416 e. The molecule has 3 aromatic heterocycles. The van der Waals surface area contributed by atoms with Crippen molar-refractivity contribution in [1.29, 1.82) is 0 Å². The number of aryl methyl sites for hydroxylation is 1. The number of hydrogen-bond acceptors (Lipinski definition) is 6. The zero-order chi connectivity index (χ0) is 30.7. The van der Waals surface area contributed by atoms with Crippen molar-refractivity contribution in [2.45, 2.75) is 57.5 Å². The van der Waals surface area contributed by atoms with Crippen molar-refractivity contribution in [2.24, 2.45) is 0 Å². The molecule has 2 fully saturated rings. The van der Waals surface area contributed by atoms with E-state index >= 15 is 0 Å². The fourth-order valence-corrected chi connectivity index (χ4v) is 6.94. The van der Waals surface area contributed by atoms with Gasteiger partial charge < -0.3 is 24.8 Å². The first-order valence-electron chi connectivity index (χ1n) is 14.8. The van der Waals surface area contributed by atoms with Crippen molar-refractivity contribution in [3.63, 3.8) is 0 Å². The average Bonchev–Trinajstić information content (AvgIpc) is 3.66. The first-order valence-corrected chi connectivity index (χ1v) is 14.8. The van der Waals surface area contributed by atoms with Gasteiger partial charge in [-0.05, 0) is 61.9 Å². The second-order valence-electron chi connectivity index (χ2n) is 12.3. The molecule has 6 heterocycles. The fourth-order valence-electron chi connectivity index (χ4n) is 6.94. The highest BCUT2D eigenvalue weighted by Gasteiger charge is 2.42. The third-order valence-electron chi connectivity index (χ3n) is 9.11. The number of aromatic amines is 1. The standard InChI is InChI=1S/C32H34F3N7O2/c1-18-13-42(15-21-9-25(12-37-29(18)21)44-28-6-7-36-30-26(28)8-19(2)38-30)31(43)39-22-5-4-20(27(10-22)32(33,34)35)14-41-17-23-11-24(41)16-40(23)3/h4-10,12,18,23-24H,11,13-17H2,1-3H3,(H,36,38)(H,39,43)/t18-,23-,24-/m1/s1. The molecule has 44 heavy (non-hydrogen) atoms. The summed E-state index contributed by atoms with van der Waals surface area (Å²) in [6.07, 6.45) is -0.208. The first-order chi connectivity index (χ1) is 21.0. The Balaban J connectivity index is 1.07. The topological polar surface area (TPSA) is 89.6 Å². The molecule has 3 atom stereocenters. The van der Waals surface area contributed by atoms with Gasteiger partial charge in [-0.1, -0.05) is 13.0 Å². The molecule has 0 radical (unpaired) electrons. The summed E-state index contributed by atoms with van der Waals surface area (Å²) >= 11 is 0. The van der Waals surface area contributed by atoms with Gasteiger partial charge in [0, 0.05) is 68.3 Å². The summed E-state index contributed by atoms with van der Waals surface area (Å²) in [6.45, 7) is 6.44. The van der Waals surface area contributed by atoms with Gasteiger partial charge in [-0.25, -0.2) is 9.78 Å². The van der Waals surface area contributed by atoms with Crippen LogP contribution in [0.1, 0.15) is 47.3 Å². The zero-order valence-electron chi connectivity index (χ0n) is 24.8. The predicted molar refractivity (Wildman–Crippen MR) is 160 cm³/mol. The number of aromatic nitrogens is 3. The van der Waals surface area contributed by atoms with E-state index in [1.54, 1.807) is 29.4 Å². The minimum atomic E-state index is -4.54. The van der Waals surface area contributed by atoms with Crippen LogP contribution in [0.5, 0.6) is 11.5 Å². The molecule has 3 aliphatic heterocycles. The lowest BCUT2D eigenvalue weighted by Gasteiger charge is -2.33. The number of nitrogens with one attached hydrogen (secondary N) is 2. The third-order valence-corrected chi connectivity index (χ3v) is 9.11. The Hall–Kier alpha value is -4.16. The van der Waals surface area contributed by atoms with E-state index in [9.17, 15) is 18.0 Å². The summed E-state index contributed by atoms with van der Waals surface area (Å²) in [5.41, 5.74) is 3.01. The molecule has 2 bridgehead atoms. The van der Waals surface area contributed by atoms with Gasteiger partial charge in [0.15, 0.2) is 0 Å². The minimum absolute atomic E-state index is 0.0681. The Morgan fingerprint density at radius 3 is 2.70 bits per heavy atom. The lowest BCUT2D eigenvalue weighted by molar-refractivity contribution is -0.138. The number of likely N-dealkylation sites (tertiary alicyclic amines) is 2. The van der Waals surface area contributed by atoms with E-state index in [0.717, 1.165) is 53.6 Å². The number of benzene rings is 1. The lowest BCUT2D eigenvalue weighted by atomic mass is 9.96. The van der Waals surface area contributed by atoms with E-state index in [4.69, 9.17) is 4.74 Å². The van der Waals surface area contributed by atoms with E-state index in [1.165, 1.54) is 6.07 Å². The Morgan fingerprint density at radius 1 is 1.11 bits per heavy atom. The van der Waals surface area contributed by atoms with Gasteiger partial charge in [-0.15, -0.1) is 0 Å². The number of nitrogens with zero attached hydrogens (tertiary/aromatic N) is 5. The highest BCUT2D eigenvalue weighted by Crippen LogP contribution is 2.38. The number of carbonyl (C=O) groups is 1. The molecule has 1 aromatic carbocycles. The Bertz CT molecular complexity index is 1740. The number of ether oxygens (including phenoxy) is 1. The molecule has 9 nitrogen and oxygen atoms in total. The van der Waals surface area contributed by atoms with Crippen LogP contribution in [0, 0.1) is 6.92 Å². The lowest BCUT2D eigenvalue weighted by Crippen LogP contribution is -2.44. The van der Waals surface area contributed by atoms with Gasteiger partial charge in [-0.2, -0.15) is 13.2 Å². The second kappa shape index (κ2) is 10.8. The number of piperazine rings is 1. The maximum atomic E-state index is 14.2. The molecule has 0 saturated carbocycles. The number of rotatable bonds is 5. The van der Waals surface area contributed by atoms with Crippen LogP contribution >= 0.6 is 0 Å². The van der Waals surface area contributed by atoms with Crippen molar-refractivity contribution >= 4 is 22.8 Å². The summed E-state index contributed by atoms with van der Waals surface area (Å²) in [4.78, 5) is 31.5. The number of likely N-dealkylation sites (N-methyl/N-ethyl adjacent to an activating group) is 1. The van der Waals surface area contributed by atoms with Gasteiger partial charge >= 0.3 is 12.2 Å². The number of fused-ring (bicyclic) bond motifs is 4. The van der Waals surface area contributed by atoms with Gasteiger partial charge in [0.05, 0.1) is 22.8 Å². The fraction of sp³-hybridized carbons (Fsp3) is 0.406. The van der Waals surface area contributed by atoms with Crippen LogP contribution in [0.4, 0.5) is 23.7 Å². The number of hydrogen-bond donors (Lipinski definition) is 2. The molecular formula is C32H34F3N7O2. The highest BCUT2D eigenvalue weighted by atomic mass is 19.4. The smallest absolute Gasteiger partial charge is 0.416 e. The predicted octanol–water partition coefficient (Wildman–Crippen LogP) is 6.12. The average molecular weight is 606 g/mol. The van der Waals surface area contributed by atoms with Gasteiger partial charge in [0.1, 0.15) is 17.1 Å². The number of pyridine rings is 2. The van der Waals surface area contributed by atoms with Crippen molar-refractivity contribution < 1.29 is 22.7 Å². The Kier molecular flexibility index (Phi) is 7.00. The number of anilines is 1. The number of urea groups is 1. The third kappa shape index (κ3) is 5.36. The van der Waals surface area contributed by atoms with Crippen LogP contribution in [-0.2, 0) is 19.3 Å². The number of carbonyl (C=O) groups excluding carboxylic acids is 1. The maximum absolute atomic E-state index is 14.2. The molecule has 4 aromatic rings. The van der Waals surface area contributed by atoms with Gasteiger partial charge in [0.25, 0.3) is 0 Å². The molecule has 3 aliphatic rings. The van der Waals surface area contributed by atoms with E-state index in [-0.39, 0.29) is 36.3 Å². The largest absolute Gasteiger partial charge is 0.455 e. The molecule has 0 aliphatic carbocycles. The van der Waals surface area contributed by atoms with Crippen LogP contribution < -0.4 is 10.1 Å². The molecule has 12 heteroatoms. The van der Waals surface area contributed by atoms with Gasteiger partial charge in [-0.3, -0.25) is 9.88 Å². The number of alkyl halides is 3. The highest BCUT2D eigenvalue weighted by molar-refractivity contribution is 5.89. The molecular weight excluding hydrogens is 571 g/mol. The summed E-state index contributed by atoms with van der Waals surface area (Å²) < 4.78 is 48.7. The molecule has 7 rings (SSSR count). The van der Waals surface area contributed by atoms with E-state index in [0.29, 0.717) is 24.1 Å². The summed E-state index contributed by atoms with van der Waals surface area (Å²) in [6, 6.07) is 9.94. The second-order valence-corrected chi connectivity index (χ2v) is 12.3. The van der Waals surface area contributed by atoms with Crippen molar-refractivity contribution in [3.8, 4) is 11.5 Å². The Morgan fingerprint density at radius 2 is 1.95 bits per heavy atom. The monoisotopic (exact) mass is 605 g/mol. The Labute approximate surface area is 253 Å². The molecule has 2 amide bonds.